The number of nitrogens with zero attached hydrogens (tertiary/aromatic N) is 6. The fourth-order valence-corrected chi connectivity index (χ4v) is 3.47. The van der Waals surface area contributed by atoms with Crippen LogP contribution in [-0.2, 0) is 11.3 Å². The van der Waals surface area contributed by atoms with E-state index in [4.69, 9.17) is 4.74 Å². The maximum atomic E-state index is 14.2. The number of hydrogen-bond acceptors (Lipinski definition) is 10. The van der Waals surface area contributed by atoms with Gasteiger partial charge in [-0.1, -0.05) is 30.3 Å². The summed E-state index contributed by atoms with van der Waals surface area (Å²) in [6.45, 7) is 1.55. The Hall–Kier alpha value is -5.45. The zero-order valence-corrected chi connectivity index (χ0v) is 20.1. The molecule has 3 aromatic carbocycles. The molecule has 0 radical (unpaired) electrons. The van der Waals surface area contributed by atoms with Crippen molar-refractivity contribution in [1.82, 2.24) is 0 Å². The second-order valence-electron chi connectivity index (χ2n) is 7.73. The number of amides is 1. The van der Waals surface area contributed by atoms with Crippen LogP contribution in [0.4, 0.5) is 38.5 Å². The average Bonchev–Trinajstić information content (AvgIpc) is 2.87. The van der Waals surface area contributed by atoms with Gasteiger partial charge in [-0.25, -0.2) is 0 Å². The third-order valence-electron chi connectivity index (χ3n) is 5.13. The van der Waals surface area contributed by atoms with Crippen molar-refractivity contribution in [2.24, 2.45) is 10.2 Å². The van der Waals surface area contributed by atoms with Crippen LogP contribution in [-0.4, -0.2) is 29.4 Å². The molecule has 0 aliphatic carbocycles. The lowest BCUT2D eigenvalue weighted by Crippen LogP contribution is -2.23. The first-order valence-electron chi connectivity index (χ1n) is 10.8. The van der Waals surface area contributed by atoms with Gasteiger partial charge < -0.3 is 15.0 Å². The Labute approximate surface area is 215 Å². The molecular weight excluding hydrogens is 501 g/mol. The zero-order valence-electron chi connectivity index (χ0n) is 20.1. The van der Waals surface area contributed by atoms with Gasteiger partial charge in [-0.2, -0.15) is 9.65 Å². The maximum absolute atomic E-state index is 14.2. The Morgan fingerprint density at radius 1 is 1.08 bits per heavy atom. The molecule has 38 heavy (non-hydrogen) atoms. The Bertz CT molecular complexity index is 1460. The number of carbonyl (C=O) groups is 1. The van der Waals surface area contributed by atoms with Crippen molar-refractivity contribution in [3.8, 4) is 11.8 Å². The predicted octanol–water partition coefficient (Wildman–Crippen LogP) is 5.55. The third kappa shape index (κ3) is 6.40. The van der Waals surface area contributed by atoms with Crippen LogP contribution in [0.3, 0.4) is 0 Å². The summed E-state index contributed by atoms with van der Waals surface area (Å²) >= 11 is 0. The Morgan fingerprint density at radius 3 is 2.32 bits per heavy atom. The first kappa shape index (κ1) is 27.1. The monoisotopic (exact) mass is 521 g/mol. The van der Waals surface area contributed by atoms with E-state index < -0.39 is 38.6 Å². The van der Waals surface area contributed by atoms with Gasteiger partial charge in [-0.05, 0) is 11.6 Å². The van der Waals surface area contributed by atoms with Gasteiger partial charge in [0.2, 0.25) is 11.7 Å². The lowest BCUT2D eigenvalue weighted by molar-refractivity contribution is -0.395. The van der Waals surface area contributed by atoms with Crippen molar-refractivity contribution in [1.29, 1.82) is 5.26 Å². The third-order valence-corrected chi connectivity index (χ3v) is 5.13. The predicted molar refractivity (Wildman–Crippen MR) is 134 cm³/mol. The standard InChI is InChI=1S/C24H20FN7O6/c1-15(33)27-18-11-23(30(9-8-26)14-16-6-4-3-5-7-16)24(38-2)12-19(18)28-29-20-10-17(25)21(31(34)35)13-22(20)32(36)37/h3-7,10-13H,9,14H2,1-2H3,(H,27,33)/b29-28+. The molecule has 3 rings (SSSR count). The summed E-state index contributed by atoms with van der Waals surface area (Å²) in [5.41, 5.74) is -1.05. The Balaban J connectivity index is 2.12. The molecule has 14 heteroatoms. The van der Waals surface area contributed by atoms with Gasteiger partial charge in [-0.3, -0.25) is 25.0 Å². The lowest BCUT2D eigenvalue weighted by Gasteiger charge is -2.25. The molecule has 0 aliphatic heterocycles. The highest BCUT2D eigenvalue weighted by Crippen LogP contribution is 2.41. The largest absolute Gasteiger partial charge is 0.494 e. The molecule has 0 spiro atoms. The topological polar surface area (TPSA) is 176 Å². The van der Waals surface area contributed by atoms with Crippen molar-refractivity contribution in [2.45, 2.75) is 13.5 Å². The summed E-state index contributed by atoms with van der Waals surface area (Å²) in [4.78, 5) is 33.9. The van der Waals surface area contributed by atoms with Gasteiger partial charge in [0.25, 0.3) is 0 Å². The van der Waals surface area contributed by atoms with E-state index in [1.807, 2.05) is 30.3 Å². The molecule has 0 saturated carbocycles. The molecule has 0 atom stereocenters. The quantitative estimate of drug-likeness (QED) is 0.156. The highest BCUT2D eigenvalue weighted by molar-refractivity contribution is 5.94. The lowest BCUT2D eigenvalue weighted by atomic mass is 10.1. The summed E-state index contributed by atoms with van der Waals surface area (Å²) in [5.74, 6) is -1.57. The number of anilines is 2. The number of benzene rings is 3. The fraction of sp³-hybridized carbons (Fsp3) is 0.167. The van der Waals surface area contributed by atoms with Crippen LogP contribution in [0.1, 0.15) is 12.5 Å². The number of rotatable bonds is 10. The average molecular weight is 521 g/mol. The minimum atomic E-state index is -1.34. The number of nitrogens with one attached hydrogen (secondary N) is 1. The van der Waals surface area contributed by atoms with E-state index in [2.05, 4.69) is 21.6 Å². The molecule has 0 aliphatic rings. The summed E-state index contributed by atoms with van der Waals surface area (Å²) < 4.78 is 19.6. The van der Waals surface area contributed by atoms with E-state index in [1.54, 1.807) is 4.90 Å². The minimum absolute atomic E-state index is 0.00882. The van der Waals surface area contributed by atoms with Crippen molar-refractivity contribution in [3.63, 3.8) is 0 Å². The van der Waals surface area contributed by atoms with E-state index in [1.165, 1.54) is 26.2 Å². The van der Waals surface area contributed by atoms with Gasteiger partial charge >= 0.3 is 11.4 Å². The minimum Gasteiger partial charge on any atom is -0.494 e. The summed E-state index contributed by atoms with van der Waals surface area (Å²) in [6, 6.07) is 15.3. The normalized spacial score (nSPS) is 10.6. The molecule has 0 unspecified atom stereocenters. The molecule has 0 heterocycles. The number of azo groups is 1. The van der Waals surface area contributed by atoms with Gasteiger partial charge in [0, 0.05) is 25.6 Å². The second kappa shape index (κ2) is 12.0. The number of nitriles is 1. The second-order valence-corrected chi connectivity index (χ2v) is 7.73. The van der Waals surface area contributed by atoms with Crippen molar-refractivity contribution < 1.29 is 23.8 Å². The number of nitro groups is 2. The van der Waals surface area contributed by atoms with Gasteiger partial charge in [0.1, 0.15) is 18.0 Å². The van der Waals surface area contributed by atoms with Gasteiger partial charge in [0.05, 0.1) is 40.5 Å². The first-order valence-corrected chi connectivity index (χ1v) is 10.8. The van der Waals surface area contributed by atoms with Crippen molar-refractivity contribution in [2.75, 3.05) is 23.9 Å². The van der Waals surface area contributed by atoms with E-state index in [0.717, 1.165) is 5.56 Å². The molecule has 0 bridgehead atoms. The zero-order chi connectivity index (χ0) is 27.8. The van der Waals surface area contributed by atoms with Gasteiger partial charge in [0.15, 0.2) is 5.69 Å². The number of nitro benzene ring substituents is 2. The Kier molecular flexibility index (Phi) is 8.57. The van der Waals surface area contributed by atoms with Crippen LogP contribution in [0, 0.1) is 37.4 Å². The van der Waals surface area contributed by atoms with Crippen LogP contribution in [0.15, 0.2) is 64.8 Å². The smallest absolute Gasteiger partial charge is 0.311 e. The molecule has 194 valence electrons. The highest BCUT2D eigenvalue weighted by Gasteiger charge is 2.25. The highest BCUT2D eigenvalue weighted by atomic mass is 19.1. The number of hydrogen-bond donors (Lipinski definition) is 1. The van der Waals surface area contributed by atoms with Crippen molar-refractivity contribution in [3.05, 3.63) is 86.2 Å². The molecular formula is C24H20FN7O6. The summed E-state index contributed by atoms with van der Waals surface area (Å²) in [7, 11) is 1.38. The summed E-state index contributed by atoms with van der Waals surface area (Å²) in [6.07, 6.45) is 0. The van der Waals surface area contributed by atoms with Crippen LogP contribution in [0.5, 0.6) is 5.75 Å². The molecule has 0 saturated heterocycles. The first-order chi connectivity index (χ1) is 18.1. The molecule has 1 N–H and O–H groups in total. The van der Waals surface area contributed by atoms with E-state index in [9.17, 15) is 34.7 Å². The van der Waals surface area contributed by atoms with Gasteiger partial charge in [-0.15, -0.1) is 10.2 Å². The van der Waals surface area contributed by atoms with Crippen LogP contribution in [0.2, 0.25) is 0 Å². The maximum Gasteiger partial charge on any atom is 0.311 e. The number of methoxy groups -OCH3 is 1. The number of halogens is 1. The van der Waals surface area contributed by atoms with E-state index in [-0.39, 0.29) is 23.7 Å². The van der Waals surface area contributed by atoms with Crippen LogP contribution in [0.25, 0.3) is 0 Å². The number of ether oxygens (including phenoxy) is 1. The Morgan fingerprint density at radius 2 is 1.74 bits per heavy atom. The molecule has 1 amide bonds. The SMILES string of the molecule is COc1cc(/N=N/c2cc(F)c([N+](=O)[O-])cc2[N+](=O)[O-])c(NC(C)=O)cc1N(CC#N)Cc1ccccc1. The van der Waals surface area contributed by atoms with Crippen molar-refractivity contribution >= 4 is 40.0 Å². The molecule has 13 nitrogen and oxygen atoms in total. The van der Waals surface area contributed by atoms with Crippen LogP contribution < -0.4 is 15.0 Å². The molecule has 3 aromatic rings. The summed E-state index contributed by atoms with van der Waals surface area (Å²) in [5, 5.41) is 42.0. The molecule has 0 fully saturated rings. The van der Waals surface area contributed by atoms with E-state index >= 15 is 0 Å². The van der Waals surface area contributed by atoms with Crippen LogP contribution >= 0.6 is 0 Å². The molecule has 0 aromatic heterocycles. The van der Waals surface area contributed by atoms with E-state index in [0.29, 0.717) is 24.4 Å². The number of carbonyl (C=O) groups excluding carboxylic acids is 1. The fourth-order valence-electron chi connectivity index (χ4n) is 3.47.